The molecule has 1 unspecified atom stereocenters. The first-order chi connectivity index (χ1) is 8.91. The Morgan fingerprint density at radius 3 is 3.00 bits per heavy atom. The van der Waals surface area contributed by atoms with Gasteiger partial charge in [-0.25, -0.2) is 8.42 Å². The fourth-order valence-electron chi connectivity index (χ4n) is 2.03. The number of rotatable bonds is 3. The standard InChI is InChI=1S/C11H15N3O2S3/c1-19(15,16)9-7-18-6-5-14(9)8-3-2-4-13-10(8)11(12)17/h2-4,9H,5-7H2,1H3,(H2,12,17). The molecular weight excluding hydrogens is 302 g/mol. The monoisotopic (exact) mass is 317 g/mol. The van der Waals surface area contributed by atoms with Gasteiger partial charge in [0.15, 0.2) is 9.84 Å². The smallest absolute Gasteiger partial charge is 0.169 e. The third-order valence-electron chi connectivity index (χ3n) is 2.91. The van der Waals surface area contributed by atoms with Gasteiger partial charge in [-0.15, -0.1) is 0 Å². The van der Waals surface area contributed by atoms with E-state index in [9.17, 15) is 8.42 Å². The number of hydrogen-bond donors (Lipinski definition) is 1. The van der Waals surface area contributed by atoms with Crippen LogP contribution in [0.1, 0.15) is 5.69 Å². The first-order valence-corrected chi connectivity index (χ1v) is 9.21. The molecule has 0 amide bonds. The van der Waals surface area contributed by atoms with Gasteiger partial charge in [0, 0.05) is 30.5 Å². The van der Waals surface area contributed by atoms with Crippen LogP contribution in [0.15, 0.2) is 18.3 Å². The van der Waals surface area contributed by atoms with Crippen LogP contribution in [0.3, 0.4) is 0 Å². The average Bonchev–Trinajstić information content (AvgIpc) is 2.37. The molecule has 8 heteroatoms. The predicted molar refractivity (Wildman–Crippen MR) is 83.4 cm³/mol. The van der Waals surface area contributed by atoms with Crippen molar-refractivity contribution >= 4 is 44.5 Å². The Morgan fingerprint density at radius 1 is 1.63 bits per heavy atom. The molecule has 0 aromatic carbocycles. The Hall–Kier alpha value is -0.860. The molecule has 104 valence electrons. The molecule has 1 atom stereocenters. The van der Waals surface area contributed by atoms with Gasteiger partial charge in [-0.2, -0.15) is 11.8 Å². The molecule has 0 bridgehead atoms. The van der Waals surface area contributed by atoms with E-state index < -0.39 is 15.2 Å². The molecule has 1 aliphatic rings. The second kappa shape index (κ2) is 5.64. The van der Waals surface area contributed by atoms with Crippen molar-refractivity contribution < 1.29 is 8.42 Å². The van der Waals surface area contributed by atoms with Crippen LogP contribution in [0.4, 0.5) is 5.69 Å². The summed E-state index contributed by atoms with van der Waals surface area (Å²) >= 11 is 6.62. The van der Waals surface area contributed by atoms with E-state index in [2.05, 4.69) is 4.98 Å². The third-order valence-corrected chi connectivity index (χ3v) is 5.74. The maximum atomic E-state index is 11.9. The number of anilines is 1. The lowest BCUT2D eigenvalue weighted by atomic mass is 10.2. The first kappa shape index (κ1) is 14.5. The molecule has 0 radical (unpaired) electrons. The zero-order valence-electron chi connectivity index (χ0n) is 10.4. The minimum atomic E-state index is -3.17. The summed E-state index contributed by atoms with van der Waals surface area (Å²) in [7, 11) is -3.17. The number of thioether (sulfide) groups is 1. The quantitative estimate of drug-likeness (QED) is 0.820. The van der Waals surface area contributed by atoms with Gasteiger partial charge in [0.2, 0.25) is 0 Å². The molecular formula is C11H15N3O2S3. The van der Waals surface area contributed by atoms with Gasteiger partial charge >= 0.3 is 0 Å². The largest absolute Gasteiger partial charge is 0.388 e. The van der Waals surface area contributed by atoms with Crippen LogP contribution in [-0.4, -0.2) is 48.1 Å². The van der Waals surface area contributed by atoms with Gasteiger partial charge in [0.25, 0.3) is 0 Å². The number of nitrogens with two attached hydrogens (primary N) is 1. The Balaban J connectivity index is 2.46. The number of sulfone groups is 1. The summed E-state index contributed by atoms with van der Waals surface area (Å²) in [6.07, 6.45) is 2.86. The summed E-state index contributed by atoms with van der Waals surface area (Å²) < 4.78 is 23.8. The molecule has 0 saturated carbocycles. The Morgan fingerprint density at radius 2 is 2.37 bits per heavy atom. The van der Waals surface area contributed by atoms with E-state index in [0.29, 0.717) is 23.7 Å². The molecule has 1 aliphatic heterocycles. The molecule has 1 saturated heterocycles. The fraction of sp³-hybridized carbons (Fsp3) is 0.455. The lowest BCUT2D eigenvalue weighted by Gasteiger charge is -2.36. The number of thiocarbonyl (C=S) groups is 1. The van der Waals surface area contributed by atoms with Crippen LogP contribution in [0.25, 0.3) is 0 Å². The summed E-state index contributed by atoms with van der Waals surface area (Å²) in [5, 5.41) is -0.552. The van der Waals surface area contributed by atoms with Crippen LogP contribution in [0.5, 0.6) is 0 Å². The summed E-state index contributed by atoms with van der Waals surface area (Å²) in [5.74, 6) is 1.42. The van der Waals surface area contributed by atoms with Gasteiger partial charge in [0.05, 0.1) is 5.69 Å². The first-order valence-electron chi connectivity index (χ1n) is 5.69. The van der Waals surface area contributed by atoms with Crippen molar-refractivity contribution in [3.8, 4) is 0 Å². The van der Waals surface area contributed by atoms with E-state index in [1.165, 1.54) is 6.26 Å². The Labute approximate surface area is 122 Å². The van der Waals surface area contributed by atoms with E-state index >= 15 is 0 Å². The number of aromatic nitrogens is 1. The van der Waals surface area contributed by atoms with Gasteiger partial charge in [-0.05, 0) is 12.1 Å². The molecule has 1 fully saturated rings. The van der Waals surface area contributed by atoms with E-state index in [1.54, 1.807) is 24.0 Å². The normalized spacial score (nSPS) is 20.3. The van der Waals surface area contributed by atoms with Crippen LogP contribution < -0.4 is 10.6 Å². The Kier molecular flexibility index (Phi) is 4.32. The lowest BCUT2D eigenvalue weighted by Crippen LogP contribution is -2.47. The van der Waals surface area contributed by atoms with E-state index in [4.69, 9.17) is 18.0 Å². The van der Waals surface area contributed by atoms with Crippen molar-refractivity contribution in [3.05, 3.63) is 24.0 Å². The summed E-state index contributed by atoms with van der Waals surface area (Å²) in [6.45, 7) is 0.643. The van der Waals surface area contributed by atoms with E-state index in [1.807, 2.05) is 11.0 Å². The van der Waals surface area contributed by atoms with Gasteiger partial charge in [-0.3, -0.25) is 4.98 Å². The molecule has 1 aromatic rings. The highest BCUT2D eigenvalue weighted by molar-refractivity contribution is 8.01. The van der Waals surface area contributed by atoms with Crippen molar-refractivity contribution in [2.24, 2.45) is 5.73 Å². The minimum Gasteiger partial charge on any atom is -0.388 e. The molecule has 2 rings (SSSR count). The second-order valence-corrected chi connectivity index (χ2v) is 8.08. The number of nitrogens with zero attached hydrogens (tertiary/aromatic N) is 2. The van der Waals surface area contributed by atoms with Crippen LogP contribution in [0, 0.1) is 0 Å². The Bertz CT molecular complexity index is 589. The average molecular weight is 317 g/mol. The highest BCUT2D eigenvalue weighted by atomic mass is 32.2. The molecule has 2 heterocycles. The van der Waals surface area contributed by atoms with Crippen molar-refractivity contribution in [3.63, 3.8) is 0 Å². The zero-order chi connectivity index (χ0) is 14.0. The highest BCUT2D eigenvalue weighted by Crippen LogP contribution is 2.28. The van der Waals surface area contributed by atoms with Crippen molar-refractivity contribution in [1.29, 1.82) is 0 Å². The van der Waals surface area contributed by atoms with Crippen molar-refractivity contribution in [2.45, 2.75) is 5.37 Å². The molecule has 2 N–H and O–H groups in total. The minimum absolute atomic E-state index is 0.182. The molecule has 0 spiro atoms. The van der Waals surface area contributed by atoms with Crippen molar-refractivity contribution in [2.75, 3.05) is 29.2 Å². The maximum absolute atomic E-state index is 11.9. The SMILES string of the molecule is CS(=O)(=O)C1CSCCN1c1cccnc1C(N)=S. The fourth-order valence-corrected chi connectivity index (χ4v) is 5.02. The summed E-state index contributed by atoms with van der Waals surface area (Å²) in [6, 6.07) is 3.58. The highest BCUT2D eigenvalue weighted by Gasteiger charge is 2.32. The van der Waals surface area contributed by atoms with E-state index in [-0.39, 0.29) is 4.99 Å². The second-order valence-electron chi connectivity index (χ2n) is 4.29. The van der Waals surface area contributed by atoms with E-state index in [0.717, 1.165) is 5.75 Å². The predicted octanol–water partition coefficient (Wildman–Crippen LogP) is 0.640. The lowest BCUT2D eigenvalue weighted by molar-refractivity contribution is 0.584. The third kappa shape index (κ3) is 3.18. The summed E-state index contributed by atoms with van der Waals surface area (Å²) in [4.78, 5) is 6.18. The summed E-state index contributed by atoms with van der Waals surface area (Å²) in [5.41, 5.74) is 6.85. The molecule has 1 aromatic heterocycles. The van der Waals surface area contributed by atoms with Gasteiger partial charge < -0.3 is 10.6 Å². The molecule has 0 aliphatic carbocycles. The van der Waals surface area contributed by atoms with Gasteiger partial charge in [0.1, 0.15) is 16.1 Å². The number of hydrogen-bond acceptors (Lipinski definition) is 6. The maximum Gasteiger partial charge on any atom is 0.169 e. The van der Waals surface area contributed by atoms with Crippen LogP contribution >= 0.6 is 24.0 Å². The number of pyridine rings is 1. The van der Waals surface area contributed by atoms with Crippen LogP contribution in [0.2, 0.25) is 0 Å². The molecule has 19 heavy (non-hydrogen) atoms. The van der Waals surface area contributed by atoms with Crippen LogP contribution in [-0.2, 0) is 9.84 Å². The zero-order valence-corrected chi connectivity index (χ0v) is 12.9. The topological polar surface area (TPSA) is 76.3 Å². The van der Waals surface area contributed by atoms with Gasteiger partial charge in [-0.1, -0.05) is 12.2 Å². The molecule has 5 nitrogen and oxygen atoms in total. The van der Waals surface area contributed by atoms with Crippen molar-refractivity contribution in [1.82, 2.24) is 4.98 Å².